The molecule has 23 heavy (non-hydrogen) atoms. The van der Waals surface area contributed by atoms with E-state index in [0.717, 1.165) is 37.2 Å². The van der Waals surface area contributed by atoms with E-state index in [1.165, 1.54) is 12.6 Å². The van der Waals surface area contributed by atoms with E-state index in [4.69, 9.17) is 11.6 Å². The Labute approximate surface area is 140 Å². The Kier molecular flexibility index (Phi) is 4.76. The fraction of sp³-hybridized carbons (Fsp3) is 0.353. The van der Waals surface area contributed by atoms with Crippen molar-refractivity contribution in [2.75, 3.05) is 18.4 Å². The summed E-state index contributed by atoms with van der Waals surface area (Å²) in [5, 5.41) is 3.88. The minimum Gasteiger partial charge on any atom is -0.339 e. The van der Waals surface area contributed by atoms with E-state index in [1.54, 1.807) is 6.20 Å². The van der Waals surface area contributed by atoms with Gasteiger partial charge in [-0.05, 0) is 49.9 Å². The van der Waals surface area contributed by atoms with Gasteiger partial charge in [0.25, 0.3) is 5.91 Å². The third-order valence-corrected chi connectivity index (χ3v) is 4.20. The predicted octanol–water partition coefficient (Wildman–Crippen LogP) is 3.81. The molecule has 0 aliphatic carbocycles. The number of aryl methyl sites for hydroxylation is 1. The Balaban J connectivity index is 1.70. The molecule has 2 heterocycles. The van der Waals surface area contributed by atoms with Crippen molar-refractivity contribution >= 4 is 29.0 Å². The molecule has 1 aliphatic rings. The number of rotatable bonds is 3. The molecule has 2 aromatic rings. The average molecular weight is 331 g/mol. The third-order valence-electron chi connectivity index (χ3n) is 3.97. The van der Waals surface area contributed by atoms with Crippen LogP contribution in [0, 0.1) is 6.92 Å². The van der Waals surface area contributed by atoms with E-state index in [1.807, 2.05) is 30.0 Å². The molecule has 3 rings (SSSR count). The highest BCUT2D eigenvalue weighted by Gasteiger charge is 2.19. The summed E-state index contributed by atoms with van der Waals surface area (Å²) >= 11 is 5.95. The third kappa shape index (κ3) is 3.79. The number of piperidine rings is 1. The van der Waals surface area contributed by atoms with Crippen LogP contribution in [0.15, 0.2) is 30.6 Å². The van der Waals surface area contributed by atoms with Crippen molar-refractivity contribution in [3.05, 3.63) is 46.9 Å². The van der Waals surface area contributed by atoms with Crippen molar-refractivity contribution in [1.82, 2.24) is 14.9 Å². The lowest BCUT2D eigenvalue weighted by molar-refractivity contribution is 0.0718. The molecular formula is C17H19ClN4O. The van der Waals surface area contributed by atoms with E-state index in [0.29, 0.717) is 16.5 Å². The Bertz CT molecular complexity index is 696. The van der Waals surface area contributed by atoms with Gasteiger partial charge in [0.15, 0.2) is 0 Å². The van der Waals surface area contributed by atoms with E-state index in [-0.39, 0.29) is 5.91 Å². The summed E-state index contributed by atoms with van der Waals surface area (Å²) in [6, 6.07) is 5.59. The first-order chi connectivity index (χ1) is 11.1. The van der Waals surface area contributed by atoms with E-state index >= 15 is 0 Å². The van der Waals surface area contributed by atoms with Crippen LogP contribution in [0.25, 0.3) is 0 Å². The highest BCUT2D eigenvalue weighted by Crippen LogP contribution is 2.22. The van der Waals surface area contributed by atoms with Gasteiger partial charge < -0.3 is 10.2 Å². The first kappa shape index (κ1) is 15.7. The summed E-state index contributed by atoms with van der Waals surface area (Å²) in [7, 11) is 0. The summed E-state index contributed by atoms with van der Waals surface area (Å²) in [5.41, 5.74) is 2.33. The Hall–Kier alpha value is -2.14. The number of aromatic nitrogens is 2. The van der Waals surface area contributed by atoms with E-state index in [9.17, 15) is 4.79 Å². The highest BCUT2D eigenvalue weighted by atomic mass is 35.5. The maximum atomic E-state index is 12.3. The number of amides is 1. The zero-order valence-electron chi connectivity index (χ0n) is 13.1. The van der Waals surface area contributed by atoms with Gasteiger partial charge in [0.1, 0.15) is 11.5 Å². The van der Waals surface area contributed by atoms with Crippen molar-refractivity contribution in [2.45, 2.75) is 26.2 Å². The van der Waals surface area contributed by atoms with Crippen LogP contribution >= 0.6 is 11.6 Å². The average Bonchev–Trinajstić information content (AvgIpc) is 2.58. The van der Waals surface area contributed by atoms with E-state index in [2.05, 4.69) is 15.3 Å². The maximum absolute atomic E-state index is 12.3. The van der Waals surface area contributed by atoms with Crippen molar-refractivity contribution in [3.8, 4) is 0 Å². The number of likely N-dealkylation sites (tertiary alicyclic amines) is 1. The molecule has 6 heteroatoms. The van der Waals surface area contributed by atoms with Gasteiger partial charge >= 0.3 is 0 Å². The van der Waals surface area contributed by atoms with Gasteiger partial charge in [-0.25, -0.2) is 9.97 Å². The topological polar surface area (TPSA) is 58.1 Å². The summed E-state index contributed by atoms with van der Waals surface area (Å²) < 4.78 is 0. The number of halogens is 1. The van der Waals surface area contributed by atoms with Gasteiger partial charge in [-0.1, -0.05) is 11.6 Å². The number of hydrogen-bond donors (Lipinski definition) is 1. The summed E-state index contributed by atoms with van der Waals surface area (Å²) in [5.74, 6) is 0.567. The van der Waals surface area contributed by atoms with Crippen molar-refractivity contribution in [2.24, 2.45) is 0 Å². The quantitative estimate of drug-likeness (QED) is 0.929. The fourth-order valence-corrected chi connectivity index (χ4v) is 2.89. The molecule has 0 atom stereocenters. The SMILES string of the molecule is Cc1cc(Cl)ccc1Nc1cnc(C(=O)N2CCCCC2)cn1. The molecule has 0 bridgehead atoms. The standard InChI is InChI=1S/C17H19ClN4O/c1-12-9-13(18)5-6-14(12)21-16-11-19-15(10-20-16)17(23)22-7-3-2-4-8-22/h5-6,9-11H,2-4,7-8H2,1H3,(H,20,21). The number of nitrogens with zero attached hydrogens (tertiary/aromatic N) is 3. The molecule has 120 valence electrons. The molecule has 1 N–H and O–H groups in total. The first-order valence-corrected chi connectivity index (χ1v) is 8.16. The Morgan fingerprint density at radius 3 is 2.61 bits per heavy atom. The lowest BCUT2D eigenvalue weighted by atomic mass is 10.1. The molecule has 1 fully saturated rings. The Morgan fingerprint density at radius 2 is 1.96 bits per heavy atom. The van der Waals surface area contributed by atoms with Crippen LogP contribution < -0.4 is 5.32 Å². The normalized spacial score (nSPS) is 14.6. The van der Waals surface area contributed by atoms with E-state index < -0.39 is 0 Å². The molecule has 5 nitrogen and oxygen atoms in total. The fourth-order valence-electron chi connectivity index (χ4n) is 2.67. The van der Waals surface area contributed by atoms with Crippen LogP contribution in [-0.4, -0.2) is 33.9 Å². The zero-order valence-corrected chi connectivity index (χ0v) is 13.8. The van der Waals surface area contributed by atoms with Gasteiger partial charge in [0.05, 0.1) is 12.4 Å². The molecule has 1 amide bonds. The van der Waals surface area contributed by atoms with Gasteiger partial charge in [-0.3, -0.25) is 4.79 Å². The molecule has 1 aromatic heterocycles. The van der Waals surface area contributed by atoms with Crippen molar-refractivity contribution in [3.63, 3.8) is 0 Å². The molecule has 0 unspecified atom stereocenters. The molecule has 1 saturated heterocycles. The monoisotopic (exact) mass is 330 g/mol. The summed E-state index contributed by atoms with van der Waals surface area (Å²) in [4.78, 5) is 22.8. The number of carbonyl (C=O) groups is 1. The smallest absolute Gasteiger partial charge is 0.274 e. The molecule has 0 saturated carbocycles. The molecule has 1 aromatic carbocycles. The number of nitrogens with one attached hydrogen (secondary N) is 1. The first-order valence-electron chi connectivity index (χ1n) is 7.78. The van der Waals surface area contributed by atoms with Gasteiger partial charge in [-0.2, -0.15) is 0 Å². The number of benzene rings is 1. The van der Waals surface area contributed by atoms with Gasteiger partial charge in [-0.15, -0.1) is 0 Å². The van der Waals surface area contributed by atoms with Crippen LogP contribution in [-0.2, 0) is 0 Å². The minimum absolute atomic E-state index is 0.0357. The van der Waals surface area contributed by atoms with Crippen LogP contribution in [0.1, 0.15) is 35.3 Å². The second-order valence-electron chi connectivity index (χ2n) is 5.72. The second kappa shape index (κ2) is 6.96. The minimum atomic E-state index is -0.0357. The van der Waals surface area contributed by atoms with Gasteiger partial charge in [0, 0.05) is 23.8 Å². The number of hydrogen-bond acceptors (Lipinski definition) is 4. The van der Waals surface area contributed by atoms with Crippen LogP contribution in [0.4, 0.5) is 11.5 Å². The van der Waals surface area contributed by atoms with Gasteiger partial charge in [0.2, 0.25) is 0 Å². The lowest BCUT2D eigenvalue weighted by Crippen LogP contribution is -2.36. The second-order valence-corrected chi connectivity index (χ2v) is 6.16. The molecule has 0 spiro atoms. The predicted molar refractivity (Wildman–Crippen MR) is 91.3 cm³/mol. The van der Waals surface area contributed by atoms with Crippen LogP contribution in [0.3, 0.4) is 0 Å². The molecule has 0 radical (unpaired) electrons. The van der Waals surface area contributed by atoms with Crippen LogP contribution in [0.5, 0.6) is 0 Å². The van der Waals surface area contributed by atoms with Crippen molar-refractivity contribution in [1.29, 1.82) is 0 Å². The lowest BCUT2D eigenvalue weighted by Gasteiger charge is -2.26. The number of anilines is 2. The molecular weight excluding hydrogens is 312 g/mol. The summed E-state index contributed by atoms with van der Waals surface area (Å²) in [6.07, 6.45) is 6.44. The highest BCUT2D eigenvalue weighted by molar-refractivity contribution is 6.30. The maximum Gasteiger partial charge on any atom is 0.274 e. The van der Waals surface area contributed by atoms with Crippen LogP contribution in [0.2, 0.25) is 5.02 Å². The molecule has 1 aliphatic heterocycles. The zero-order chi connectivity index (χ0) is 16.2. The van der Waals surface area contributed by atoms with Crippen molar-refractivity contribution < 1.29 is 4.79 Å². The largest absolute Gasteiger partial charge is 0.339 e. The summed E-state index contributed by atoms with van der Waals surface area (Å²) in [6.45, 7) is 3.59. The number of carbonyl (C=O) groups excluding carboxylic acids is 1. The Morgan fingerprint density at radius 1 is 1.17 bits per heavy atom.